The lowest BCUT2D eigenvalue weighted by molar-refractivity contribution is -0.145. The molecule has 1 aromatic heterocycles. The molecule has 3 rings (SSSR count). The minimum absolute atomic E-state index is 0.127. The van der Waals surface area contributed by atoms with Crippen LogP contribution < -0.4 is 11.1 Å². The maximum Gasteiger partial charge on any atom is 0.306 e. The molecule has 1 atom stereocenters. The number of benzene rings is 2. The van der Waals surface area contributed by atoms with Gasteiger partial charge in [0.05, 0.1) is 5.92 Å². The van der Waals surface area contributed by atoms with Gasteiger partial charge in [-0.05, 0) is 41.1 Å². The summed E-state index contributed by atoms with van der Waals surface area (Å²) in [5, 5.41) is 4.94. The van der Waals surface area contributed by atoms with Gasteiger partial charge in [-0.3, -0.25) is 14.6 Å². The second-order valence-electron chi connectivity index (χ2n) is 6.82. The van der Waals surface area contributed by atoms with Crippen molar-refractivity contribution in [2.24, 2.45) is 5.73 Å². The molecule has 0 bridgehead atoms. The van der Waals surface area contributed by atoms with Crippen molar-refractivity contribution in [2.75, 3.05) is 11.9 Å². The highest BCUT2D eigenvalue weighted by molar-refractivity contribution is 5.98. The Morgan fingerprint density at radius 2 is 1.97 bits per heavy atom. The average molecular weight is 391 g/mol. The van der Waals surface area contributed by atoms with Gasteiger partial charge in [-0.1, -0.05) is 37.3 Å². The van der Waals surface area contributed by atoms with E-state index in [1.807, 2.05) is 55.5 Å². The number of nitrogens with two attached hydrogens (primary N) is 1. The van der Waals surface area contributed by atoms with Gasteiger partial charge in [0.2, 0.25) is 5.91 Å². The Morgan fingerprint density at radius 1 is 1.14 bits per heavy atom. The maximum atomic E-state index is 13.0. The van der Waals surface area contributed by atoms with Crippen molar-refractivity contribution < 1.29 is 14.3 Å². The van der Waals surface area contributed by atoms with E-state index in [4.69, 9.17) is 10.5 Å². The number of aromatic nitrogens is 1. The van der Waals surface area contributed by atoms with Crippen LogP contribution in [0.3, 0.4) is 0 Å². The second kappa shape index (κ2) is 9.80. The minimum atomic E-state index is -0.552. The summed E-state index contributed by atoms with van der Waals surface area (Å²) in [6.45, 7) is 2.19. The Bertz CT molecular complexity index is 1000. The van der Waals surface area contributed by atoms with Crippen molar-refractivity contribution in [3.8, 4) is 0 Å². The van der Waals surface area contributed by atoms with Crippen LogP contribution in [-0.2, 0) is 20.9 Å². The van der Waals surface area contributed by atoms with Crippen LogP contribution >= 0.6 is 0 Å². The lowest BCUT2D eigenvalue weighted by Crippen LogP contribution is -2.28. The first-order chi connectivity index (χ1) is 14.1. The number of pyridine rings is 1. The summed E-state index contributed by atoms with van der Waals surface area (Å²) < 4.78 is 5.33. The number of nitrogens with one attached hydrogen (secondary N) is 1. The van der Waals surface area contributed by atoms with Crippen molar-refractivity contribution in [3.05, 3.63) is 72.1 Å². The summed E-state index contributed by atoms with van der Waals surface area (Å²) in [6.07, 6.45) is 4.60. The number of anilines is 1. The van der Waals surface area contributed by atoms with E-state index in [9.17, 15) is 9.59 Å². The Kier molecular flexibility index (Phi) is 6.92. The van der Waals surface area contributed by atoms with Gasteiger partial charge in [0, 0.05) is 36.4 Å². The third-order valence-corrected chi connectivity index (χ3v) is 4.73. The molecule has 29 heavy (non-hydrogen) atoms. The Morgan fingerprint density at radius 3 is 2.76 bits per heavy atom. The predicted octanol–water partition coefficient (Wildman–Crippen LogP) is 3.76. The molecule has 0 saturated heterocycles. The van der Waals surface area contributed by atoms with Gasteiger partial charge in [-0.15, -0.1) is 0 Å². The van der Waals surface area contributed by atoms with Crippen LogP contribution in [-0.4, -0.2) is 23.4 Å². The molecular formula is C23H25N3O3. The lowest BCUT2D eigenvalue weighted by Gasteiger charge is -2.19. The van der Waals surface area contributed by atoms with Gasteiger partial charge >= 0.3 is 5.97 Å². The predicted molar refractivity (Wildman–Crippen MR) is 113 cm³/mol. The Labute approximate surface area is 170 Å². The third kappa shape index (κ3) is 5.18. The highest BCUT2D eigenvalue weighted by Crippen LogP contribution is 2.24. The number of carbonyl (C=O) groups excluding carboxylic acids is 2. The molecule has 3 aromatic rings. The largest absolute Gasteiger partial charge is 0.461 e. The standard InChI is InChI=1S/C23H25N3O3/c1-2-5-22(27)29-15-18-6-3-4-7-20(18)21(13-24)23(28)26-19-9-8-17-14-25-11-10-16(17)12-19/h3-4,6-12,14,21H,2,5,13,15,24H2,1H3,(H,26,28). The van der Waals surface area contributed by atoms with E-state index in [0.29, 0.717) is 12.1 Å². The zero-order chi connectivity index (χ0) is 20.6. The maximum absolute atomic E-state index is 13.0. The first kappa shape index (κ1) is 20.5. The number of hydrogen-bond donors (Lipinski definition) is 2. The topological polar surface area (TPSA) is 94.3 Å². The van der Waals surface area contributed by atoms with Crippen LogP contribution in [0, 0.1) is 0 Å². The SMILES string of the molecule is CCCC(=O)OCc1ccccc1C(CN)C(=O)Nc1ccc2cnccc2c1. The zero-order valence-corrected chi connectivity index (χ0v) is 16.4. The monoisotopic (exact) mass is 391 g/mol. The number of carbonyl (C=O) groups is 2. The number of esters is 1. The van der Waals surface area contributed by atoms with Crippen LogP contribution in [0.1, 0.15) is 36.8 Å². The number of hydrogen-bond acceptors (Lipinski definition) is 5. The van der Waals surface area contributed by atoms with Crippen LogP contribution in [0.4, 0.5) is 5.69 Å². The van der Waals surface area contributed by atoms with Crippen molar-refractivity contribution in [2.45, 2.75) is 32.3 Å². The first-order valence-electron chi connectivity index (χ1n) is 9.70. The molecule has 6 nitrogen and oxygen atoms in total. The summed E-state index contributed by atoms with van der Waals surface area (Å²) >= 11 is 0. The molecule has 1 heterocycles. The van der Waals surface area contributed by atoms with Gasteiger partial charge in [0.1, 0.15) is 6.61 Å². The number of ether oxygens (including phenoxy) is 1. The highest BCUT2D eigenvalue weighted by Gasteiger charge is 2.22. The lowest BCUT2D eigenvalue weighted by atomic mass is 9.93. The molecule has 0 fully saturated rings. The van der Waals surface area contributed by atoms with E-state index >= 15 is 0 Å². The molecule has 1 amide bonds. The highest BCUT2D eigenvalue weighted by atomic mass is 16.5. The Hall–Kier alpha value is -3.25. The van der Waals surface area contributed by atoms with Crippen LogP contribution in [0.25, 0.3) is 10.8 Å². The first-order valence-corrected chi connectivity index (χ1v) is 9.70. The summed E-state index contributed by atoms with van der Waals surface area (Å²) in [6, 6.07) is 15.0. The number of amides is 1. The van der Waals surface area contributed by atoms with Gasteiger partial charge in [-0.25, -0.2) is 0 Å². The van der Waals surface area contributed by atoms with E-state index in [0.717, 1.165) is 28.3 Å². The fraction of sp³-hybridized carbons (Fsp3) is 0.261. The average Bonchev–Trinajstić information content (AvgIpc) is 2.74. The van der Waals surface area contributed by atoms with Crippen molar-refractivity contribution in [1.29, 1.82) is 0 Å². The quantitative estimate of drug-likeness (QED) is 0.570. The van der Waals surface area contributed by atoms with Gasteiger partial charge in [0.25, 0.3) is 0 Å². The molecule has 150 valence electrons. The van der Waals surface area contributed by atoms with Crippen molar-refractivity contribution in [3.63, 3.8) is 0 Å². The summed E-state index contributed by atoms with van der Waals surface area (Å²) in [5.41, 5.74) is 8.19. The molecule has 1 unspecified atom stereocenters. The van der Waals surface area contributed by atoms with Crippen LogP contribution in [0.2, 0.25) is 0 Å². The normalized spacial score (nSPS) is 11.8. The molecule has 0 aliphatic carbocycles. The van der Waals surface area contributed by atoms with Gasteiger partial charge in [-0.2, -0.15) is 0 Å². The molecule has 3 N–H and O–H groups in total. The fourth-order valence-electron chi connectivity index (χ4n) is 3.21. The van der Waals surface area contributed by atoms with Crippen LogP contribution in [0.5, 0.6) is 0 Å². The molecule has 0 saturated carbocycles. The van der Waals surface area contributed by atoms with E-state index in [1.165, 1.54) is 0 Å². The van der Waals surface area contributed by atoms with Crippen molar-refractivity contribution >= 4 is 28.3 Å². The third-order valence-electron chi connectivity index (χ3n) is 4.73. The smallest absolute Gasteiger partial charge is 0.306 e. The molecule has 0 aliphatic rings. The van der Waals surface area contributed by atoms with E-state index in [2.05, 4.69) is 10.3 Å². The summed E-state index contributed by atoms with van der Waals surface area (Å²) in [4.78, 5) is 28.8. The molecule has 2 aromatic carbocycles. The minimum Gasteiger partial charge on any atom is -0.461 e. The van der Waals surface area contributed by atoms with E-state index in [-0.39, 0.29) is 25.0 Å². The fourth-order valence-corrected chi connectivity index (χ4v) is 3.21. The number of fused-ring (bicyclic) bond motifs is 1. The summed E-state index contributed by atoms with van der Waals surface area (Å²) in [5.74, 6) is -1.00. The van der Waals surface area contributed by atoms with Gasteiger partial charge in [0.15, 0.2) is 0 Å². The molecule has 6 heteroatoms. The van der Waals surface area contributed by atoms with E-state index < -0.39 is 5.92 Å². The number of rotatable bonds is 8. The molecule has 0 aliphatic heterocycles. The number of nitrogens with zero attached hydrogens (tertiary/aromatic N) is 1. The Balaban J connectivity index is 1.77. The second-order valence-corrected chi connectivity index (χ2v) is 6.82. The molecule has 0 radical (unpaired) electrons. The molecular weight excluding hydrogens is 366 g/mol. The molecule has 0 spiro atoms. The zero-order valence-electron chi connectivity index (χ0n) is 16.4. The van der Waals surface area contributed by atoms with Crippen molar-refractivity contribution in [1.82, 2.24) is 4.98 Å². The van der Waals surface area contributed by atoms with E-state index in [1.54, 1.807) is 12.4 Å². The van der Waals surface area contributed by atoms with Gasteiger partial charge < -0.3 is 15.8 Å². The van der Waals surface area contributed by atoms with Crippen LogP contribution in [0.15, 0.2) is 60.9 Å². The summed E-state index contributed by atoms with van der Waals surface area (Å²) in [7, 11) is 0.